The van der Waals surface area contributed by atoms with Crippen LogP contribution in [0.3, 0.4) is 0 Å². The molecule has 19 heavy (non-hydrogen) atoms. The number of rotatable bonds is 3. The SMILES string of the molecule is CCC1(C(=O)c2cccc3ccccc23)CCNC1. The molecule has 0 radical (unpaired) electrons. The second kappa shape index (κ2) is 4.78. The van der Waals surface area contributed by atoms with Crippen molar-refractivity contribution in [2.24, 2.45) is 5.41 Å². The van der Waals surface area contributed by atoms with Crippen molar-refractivity contribution in [1.82, 2.24) is 5.32 Å². The van der Waals surface area contributed by atoms with Crippen LogP contribution in [0.4, 0.5) is 0 Å². The topological polar surface area (TPSA) is 29.1 Å². The fourth-order valence-corrected chi connectivity index (χ4v) is 3.11. The van der Waals surface area contributed by atoms with Gasteiger partial charge in [0.25, 0.3) is 0 Å². The van der Waals surface area contributed by atoms with Crippen molar-refractivity contribution in [3.05, 3.63) is 48.0 Å². The average molecular weight is 253 g/mol. The molecule has 0 aromatic heterocycles. The van der Waals surface area contributed by atoms with Gasteiger partial charge in [0.2, 0.25) is 0 Å². The zero-order chi connectivity index (χ0) is 13.3. The van der Waals surface area contributed by atoms with E-state index >= 15 is 0 Å². The zero-order valence-electron chi connectivity index (χ0n) is 11.3. The third-order valence-electron chi connectivity index (χ3n) is 4.44. The molecule has 1 aliphatic heterocycles. The predicted molar refractivity (Wildman–Crippen MR) is 78.5 cm³/mol. The Morgan fingerprint density at radius 1 is 1.21 bits per heavy atom. The van der Waals surface area contributed by atoms with Gasteiger partial charge in [0.1, 0.15) is 0 Å². The monoisotopic (exact) mass is 253 g/mol. The van der Waals surface area contributed by atoms with Gasteiger partial charge in [0, 0.05) is 17.5 Å². The summed E-state index contributed by atoms with van der Waals surface area (Å²) >= 11 is 0. The van der Waals surface area contributed by atoms with E-state index in [1.165, 1.54) is 0 Å². The lowest BCUT2D eigenvalue weighted by Crippen LogP contribution is -2.33. The molecule has 2 aromatic rings. The molecule has 98 valence electrons. The highest BCUT2D eigenvalue weighted by Gasteiger charge is 2.40. The Morgan fingerprint density at radius 2 is 2.00 bits per heavy atom. The van der Waals surface area contributed by atoms with E-state index in [0.717, 1.165) is 42.3 Å². The molecular formula is C17H19NO. The van der Waals surface area contributed by atoms with Gasteiger partial charge >= 0.3 is 0 Å². The van der Waals surface area contributed by atoms with E-state index in [0.29, 0.717) is 5.78 Å². The van der Waals surface area contributed by atoms with Crippen LogP contribution in [0.5, 0.6) is 0 Å². The van der Waals surface area contributed by atoms with Crippen molar-refractivity contribution in [1.29, 1.82) is 0 Å². The Labute approximate surface area is 113 Å². The summed E-state index contributed by atoms with van der Waals surface area (Å²) in [5.74, 6) is 0.303. The maximum Gasteiger partial charge on any atom is 0.170 e. The van der Waals surface area contributed by atoms with Gasteiger partial charge in [0.05, 0.1) is 0 Å². The number of nitrogens with one attached hydrogen (secondary N) is 1. The molecule has 2 heteroatoms. The van der Waals surface area contributed by atoms with Gasteiger partial charge in [-0.05, 0) is 30.2 Å². The molecule has 0 saturated carbocycles. The lowest BCUT2D eigenvalue weighted by molar-refractivity contribution is 0.0812. The summed E-state index contributed by atoms with van der Waals surface area (Å²) in [7, 11) is 0. The Hall–Kier alpha value is -1.67. The number of ketones is 1. The largest absolute Gasteiger partial charge is 0.316 e. The van der Waals surface area contributed by atoms with Crippen LogP contribution in [0.1, 0.15) is 30.1 Å². The van der Waals surface area contributed by atoms with Crippen LogP contribution < -0.4 is 5.32 Å². The average Bonchev–Trinajstić information content (AvgIpc) is 2.96. The van der Waals surface area contributed by atoms with Crippen molar-refractivity contribution >= 4 is 16.6 Å². The maximum atomic E-state index is 13.0. The zero-order valence-corrected chi connectivity index (χ0v) is 11.3. The number of carbonyl (C=O) groups excluding carboxylic acids is 1. The number of carbonyl (C=O) groups is 1. The first-order valence-corrected chi connectivity index (χ1v) is 7.00. The minimum Gasteiger partial charge on any atom is -0.316 e. The number of hydrogen-bond acceptors (Lipinski definition) is 2. The minimum atomic E-state index is -0.204. The summed E-state index contributed by atoms with van der Waals surface area (Å²) in [6, 6.07) is 14.2. The Kier molecular flexibility index (Phi) is 3.11. The molecule has 0 bridgehead atoms. The first kappa shape index (κ1) is 12.4. The quantitative estimate of drug-likeness (QED) is 0.849. The third kappa shape index (κ3) is 1.96. The molecule has 1 aliphatic rings. The molecule has 0 spiro atoms. The molecule has 1 heterocycles. The maximum absolute atomic E-state index is 13.0. The van der Waals surface area contributed by atoms with E-state index in [2.05, 4.69) is 24.4 Å². The Morgan fingerprint density at radius 3 is 2.74 bits per heavy atom. The first-order chi connectivity index (χ1) is 9.27. The van der Waals surface area contributed by atoms with Crippen LogP contribution in [-0.4, -0.2) is 18.9 Å². The smallest absolute Gasteiger partial charge is 0.170 e. The fraction of sp³-hybridized carbons (Fsp3) is 0.353. The molecule has 0 amide bonds. The lowest BCUT2D eigenvalue weighted by Gasteiger charge is -2.25. The fourth-order valence-electron chi connectivity index (χ4n) is 3.11. The summed E-state index contributed by atoms with van der Waals surface area (Å²) in [6.45, 7) is 3.88. The van der Waals surface area contributed by atoms with Gasteiger partial charge < -0.3 is 5.32 Å². The highest BCUT2D eigenvalue weighted by atomic mass is 16.1. The van der Waals surface area contributed by atoms with Gasteiger partial charge in [-0.25, -0.2) is 0 Å². The number of fused-ring (bicyclic) bond motifs is 1. The summed E-state index contributed by atoms with van der Waals surface area (Å²) in [5, 5.41) is 5.56. The Bertz CT molecular complexity index is 606. The molecule has 3 rings (SSSR count). The van der Waals surface area contributed by atoms with Crippen LogP contribution in [0.2, 0.25) is 0 Å². The van der Waals surface area contributed by atoms with E-state index in [1.54, 1.807) is 0 Å². The van der Waals surface area contributed by atoms with Crippen LogP contribution in [0.25, 0.3) is 10.8 Å². The number of hydrogen-bond donors (Lipinski definition) is 1. The normalized spacial score (nSPS) is 22.8. The van der Waals surface area contributed by atoms with Crippen LogP contribution in [-0.2, 0) is 0 Å². The summed E-state index contributed by atoms with van der Waals surface area (Å²) < 4.78 is 0. The van der Waals surface area contributed by atoms with Crippen LogP contribution in [0.15, 0.2) is 42.5 Å². The van der Waals surface area contributed by atoms with Gasteiger partial charge in [-0.15, -0.1) is 0 Å². The summed E-state index contributed by atoms with van der Waals surface area (Å²) in [6.07, 6.45) is 1.85. The number of Topliss-reactive ketones (excluding diaryl/α,β-unsaturated/α-hetero) is 1. The molecule has 1 fully saturated rings. The third-order valence-corrected chi connectivity index (χ3v) is 4.44. The highest BCUT2D eigenvalue weighted by molar-refractivity contribution is 6.10. The molecule has 0 aliphatic carbocycles. The first-order valence-electron chi connectivity index (χ1n) is 7.00. The van der Waals surface area contributed by atoms with Gasteiger partial charge in [-0.1, -0.05) is 49.4 Å². The van der Waals surface area contributed by atoms with Crippen molar-refractivity contribution in [2.45, 2.75) is 19.8 Å². The molecule has 2 aromatic carbocycles. The molecule has 1 unspecified atom stereocenters. The van der Waals surface area contributed by atoms with E-state index < -0.39 is 0 Å². The Balaban J connectivity index is 2.11. The highest BCUT2D eigenvalue weighted by Crippen LogP contribution is 2.35. The second-order valence-electron chi connectivity index (χ2n) is 5.42. The van der Waals surface area contributed by atoms with Crippen molar-refractivity contribution in [3.63, 3.8) is 0 Å². The predicted octanol–water partition coefficient (Wildman–Crippen LogP) is 3.41. The van der Waals surface area contributed by atoms with Crippen LogP contribution in [0, 0.1) is 5.41 Å². The molecule has 1 saturated heterocycles. The van der Waals surface area contributed by atoms with E-state index in [-0.39, 0.29) is 5.41 Å². The minimum absolute atomic E-state index is 0.204. The summed E-state index contributed by atoms with van der Waals surface area (Å²) in [5.41, 5.74) is 0.674. The van der Waals surface area contributed by atoms with Gasteiger partial charge in [0.15, 0.2) is 5.78 Å². The van der Waals surface area contributed by atoms with E-state index in [9.17, 15) is 4.79 Å². The standard InChI is InChI=1S/C17H19NO/c1-2-17(10-11-18-12-17)16(19)15-9-5-7-13-6-3-4-8-14(13)15/h3-9,18H,2,10-12H2,1H3. The van der Waals surface area contributed by atoms with Crippen LogP contribution >= 0.6 is 0 Å². The summed E-state index contributed by atoms with van der Waals surface area (Å²) in [4.78, 5) is 13.0. The van der Waals surface area contributed by atoms with Gasteiger partial charge in [-0.3, -0.25) is 4.79 Å². The number of benzene rings is 2. The second-order valence-corrected chi connectivity index (χ2v) is 5.42. The van der Waals surface area contributed by atoms with E-state index in [1.807, 2.05) is 30.3 Å². The molecule has 1 N–H and O–H groups in total. The molecule has 2 nitrogen and oxygen atoms in total. The van der Waals surface area contributed by atoms with Gasteiger partial charge in [-0.2, -0.15) is 0 Å². The van der Waals surface area contributed by atoms with Crippen molar-refractivity contribution < 1.29 is 4.79 Å². The molecular weight excluding hydrogens is 234 g/mol. The van der Waals surface area contributed by atoms with Crippen molar-refractivity contribution in [2.75, 3.05) is 13.1 Å². The van der Waals surface area contributed by atoms with Crippen molar-refractivity contribution in [3.8, 4) is 0 Å². The lowest BCUT2D eigenvalue weighted by atomic mass is 9.76. The molecule has 1 atom stereocenters. The van der Waals surface area contributed by atoms with E-state index in [4.69, 9.17) is 0 Å².